The molecule has 0 radical (unpaired) electrons. The van der Waals surface area contributed by atoms with Crippen molar-refractivity contribution in [3.63, 3.8) is 0 Å². The van der Waals surface area contributed by atoms with Gasteiger partial charge in [0.25, 0.3) is 0 Å². The summed E-state index contributed by atoms with van der Waals surface area (Å²) in [6.07, 6.45) is 3.34. The number of ether oxygens (including phenoxy) is 1. The van der Waals surface area contributed by atoms with E-state index < -0.39 is 5.91 Å². The van der Waals surface area contributed by atoms with Crippen molar-refractivity contribution in [2.24, 2.45) is 5.73 Å². The minimum Gasteiger partial charge on any atom is -0.374 e. The van der Waals surface area contributed by atoms with E-state index in [0.717, 1.165) is 25.2 Å². The Labute approximate surface area is 128 Å². The number of hydrogen-bond acceptors (Lipinski definition) is 5. The lowest BCUT2D eigenvalue weighted by atomic mass is 10.1. The van der Waals surface area contributed by atoms with Crippen LogP contribution in [0, 0.1) is 0 Å². The van der Waals surface area contributed by atoms with E-state index in [9.17, 15) is 4.79 Å². The second kappa shape index (κ2) is 6.67. The molecule has 1 fully saturated rings. The first-order chi connectivity index (χ1) is 10.7. The monoisotopic (exact) mass is 301 g/mol. The highest BCUT2D eigenvalue weighted by Crippen LogP contribution is 2.12. The molecule has 7 nitrogen and oxygen atoms in total. The molecule has 1 aliphatic heterocycles. The molecule has 0 bridgehead atoms. The molecule has 2 heterocycles. The van der Waals surface area contributed by atoms with Crippen molar-refractivity contribution in [2.45, 2.75) is 19.2 Å². The molecule has 1 aromatic carbocycles. The van der Waals surface area contributed by atoms with E-state index in [1.54, 1.807) is 23.1 Å². The van der Waals surface area contributed by atoms with Gasteiger partial charge < -0.3 is 10.5 Å². The summed E-state index contributed by atoms with van der Waals surface area (Å²) >= 11 is 0. The summed E-state index contributed by atoms with van der Waals surface area (Å²) < 4.78 is 7.57. The van der Waals surface area contributed by atoms with E-state index in [1.807, 2.05) is 12.1 Å². The first kappa shape index (κ1) is 14.7. The minimum absolute atomic E-state index is 0.111. The van der Waals surface area contributed by atoms with Crippen molar-refractivity contribution in [3.8, 4) is 0 Å². The normalized spacial score (nSPS) is 19.2. The van der Waals surface area contributed by atoms with Crippen molar-refractivity contribution in [2.75, 3.05) is 19.7 Å². The quantitative estimate of drug-likeness (QED) is 0.857. The number of benzene rings is 1. The molecular formula is C15H19N5O2. The summed E-state index contributed by atoms with van der Waals surface area (Å²) in [5.74, 6) is -0.397. The van der Waals surface area contributed by atoms with Crippen LogP contribution in [-0.4, -0.2) is 51.4 Å². The van der Waals surface area contributed by atoms with Crippen LogP contribution in [-0.2, 0) is 17.8 Å². The third-order valence-corrected chi connectivity index (χ3v) is 3.72. The van der Waals surface area contributed by atoms with Gasteiger partial charge in [-0.1, -0.05) is 12.1 Å². The number of aromatic nitrogens is 3. The standard InChI is InChI=1S/C15H19N5O2/c16-15(21)13-3-1-12(2-4-13)7-19-5-6-22-14(8-19)9-20-11-17-10-18-20/h1-4,10-11,14H,5-9H2,(H2,16,21)/t14-/m1/s1. The van der Waals surface area contributed by atoms with E-state index in [1.165, 1.54) is 6.33 Å². The largest absolute Gasteiger partial charge is 0.374 e. The SMILES string of the molecule is NC(=O)c1ccc(CN2CCO[C@@H](Cn3cncn3)C2)cc1. The molecule has 1 amide bonds. The fourth-order valence-electron chi connectivity index (χ4n) is 2.60. The lowest BCUT2D eigenvalue weighted by Gasteiger charge is -2.32. The number of primary amides is 1. The predicted octanol–water partition coefficient (Wildman–Crippen LogP) is 0.278. The number of amides is 1. The molecule has 3 rings (SSSR count). The second-order valence-electron chi connectivity index (χ2n) is 5.41. The molecule has 0 unspecified atom stereocenters. The lowest BCUT2D eigenvalue weighted by molar-refractivity contribution is -0.0402. The molecule has 0 saturated carbocycles. The summed E-state index contributed by atoms with van der Waals surface area (Å²) in [6.45, 7) is 3.98. The van der Waals surface area contributed by atoms with Crippen LogP contribution in [0.25, 0.3) is 0 Å². The van der Waals surface area contributed by atoms with Crippen LogP contribution in [0.2, 0.25) is 0 Å². The molecule has 0 aliphatic carbocycles. The third-order valence-electron chi connectivity index (χ3n) is 3.72. The van der Waals surface area contributed by atoms with Gasteiger partial charge in [0.15, 0.2) is 0 Å². The van der Waals surface area contributed by atoms with Gasteiger partial charge in [0, 0.05) is 25.2 Å². The molecule has 22 heavy (non-hydrogen) atoms. The molecule has 2 aromatic rings. The van der Waals surface area contributed by atoms with Crippen LogP contribution in [0.4, 0.5) is 0 Å². The van der Waals surface area contributed by atoms with E-state index in [-0.39, 0.29) is 6.10 Å². The van der Waals surface area contributed by atoms with Crippen molar-refractivity contribution >= 4 is 5.91 Å². The number of nitrogens with zero attached hydrogens (tertiary/aromatic N) is 4. The summed E-state index contributed by atoms with van der Waals surface area (Å²) in [5, 5.41) is 4.11. The van der Waals surface area contributed by atoms with Crippen LogP contribution in [0.15, 0.2) is 36.9 Å². The Morgan fingerprint density at radius 1 is 1.36 bits per heavy atom. The van der Waals surface area contributed by atoms with Crippen molar-refractivity contribution in [1.29, 1.82) is 0 Å². The van der Waals surface area contributed by atoms with Crippen LogP contribution in [0.3, 0.4) is 0 Å². The first-order valence-electron chi connectivity index (χ1n) is 7.26. The van der Waals surface area contributed by atoms with Gasteiger partial charge >= 0.3 is 0 Å². The maximum Gasteiger partial charge on any atom is 0.248 e. The van der Waals surface area contributed by atoms with Gasteiger partial charge in [-0.05, 0) is 17.7 Å². The Morgan fingerprint density at radius 2 is 2.18 bits per heavy atom. The maximum atomic E-state index is 11.1. The van der Waals surface area contributed by atoms with Crippen molar-refractivity contribution in [3.05, 3.63) is 48.0 Å². The summed E-state index contributed by atoms with van der Waals surface area (Å²) in [7, 11) is 0. The second-order valence-corrected chi connectivity index (χ2v) is 5.41. The highest BCUT2D eigenvalue weighted by molar-refractivity contribution is 5.92. The highest BCUT2D eigenvalue weighted by atomic mass is 16.5. The predicted molar refractivity (Wildman–Crippen MR) is 80.0 cm³/mol. The van der Waals surface area contributed by atoms with E-state index >= 15 is 0 Å². The zero-order chi connectivity index (χ0) is 15.4. The van der Waals surface area contributed by atoms with Gasteiger partial charge in [0.05, 0.1) is 19.3 Å². The molecule has 1 aliphatic rings. The molecule has 7 heteroatoms. The smallest absolute Gasteiger partial charge is 0.248 e. The molecule has 116 valence electrons. The summed E-state index contributed by atoms with van der Waals surface area (Å²) in [6, 6.07) is 7.43. The van der Waals surface area contributed by atoms with Gasteiger partial charge in [-0.25, -0.2) is 4.98 Å². The van der Waals surface area contributed by atoms with Crippen molar-refractivity contribution in [1.82, 2.24) is 19.7 Å². The molecular weight excluding hydrogens is 282 g/mol. The highest BCUT2D eigenvalue weighted by Gasteiger charge is 2.21. The minimum atomic E-state index is -0.397. The van der Waals surface area contributed by atoms with E-state index in [0.29, 0.717) is 18.7 Å². The van der Waals surface area contributed by atoms with Crippen LogP contribution >= 0.6 is 0 Å². The molecule has 1 saturated heterocycles. The Bertz CT molecular complexity index is 611. The van der Waals surface area contributed by atoms with Gasteiger partial charge in [0.1, 0.15) is 12.7 Å². The maximum absolute atomic E-state index is 11.1. The zero-order valence-corrected chi connectivity index (χ0v) is 12.3. The van der Waals surface area contributed by atoms with Gasteiger partial charge in [-0.15, -0.1) is 0 Å². The molecule has 1 atom stereocenters. The lowest BCUT2D eigenvalue weighted by Crippen LogP contribution is -2.43. The van der Waals surface area contributed by atoms with Crippen LogP contribution < -0.4 is 5.73 Å². The number of rotatable bonds is 5. The van der Waals surface area contributed by atoms with E-state index in [4.69, 9.17) is 10.5 Å². The first-order valence-corrected chi connectivity index (χ1v) is 7.26. The summed E-state index contributed by atoms with van der Waals surface area (Å²) in [4.78, 5) is 17.4. The average molecular weight is 301 g/mol. The summed E-state index contributed by atoms with van der Waals surface area (Å²) in [5.41, 5.74) is 6.95. The Balaban J connectivity index is 1.56. The Hall–Kier alpha value is -2.25. The average Bonchev–Trinajstić information content (AvgIpc) is 3.01. The van der Waals surface area contributed by atoms with Crippen LogP contribution in [0.1, 0.15) is 15.9 Å². The van der Waals surface area contributed by atoms with Gasteiger partial charge in [-0.3, -0.25) is 14.4 Å². The Morgan fingerprint density at radius 3 is 2.86 bits per heavy atom. The number of hydrogen-bond donors (Lipinski definition) is 1. The number of morpholine rings is 1. The molecule has 2 N–H and O–H groups in total. The number of carbonyl (C=O) groups excluding carboxylic acids is 1. The zero-order valence-electron chi connectivity index (χ0n) is 12.3. The van der Waals surface area contributed by atoms with Gasteiger partial charge in [0.2, 0.25) is 5.91 Å². The third kappa shape index (κ3) is 3.69. The number of nitrogens with two attached hydrogens (primary N) is 1. The molecule has 0 spiro atoms. The molecule has 1 aromatic heterocycles. The van der Waals surface area contributed by atoms with Crippen molar-refractivity contribution < 1.29 is 9.53 Å². The fraction of sp³-hybridized carbons (Fsp3) is 0.400. The topological polar surface area (TPSA) is 86.3 Å². The number of carbonyl (C=O) groups is 1. The fourth-order valence-corrected chi connectivity index (χ4v) is 2.60. The Kier molecular flexibility index (Phi) is 4.45. The van der Waals surface area contributed by atoms with E-state index in [2.05, 4.69) is 15.0 Å². The van der Waals surface area contributed by atoms with Crippen LogP contribution in [0.5, 0.6) is 0 Å². The van der Waals surface area contributed by atoms with Gasteiger partial charge in [-0.2, -0.15) is 5.10 Å².